The van der Waals surface area contributed by atoms with Gasteiger partial charge in [0, 0.05) is 26.2 Å². The zero-order chi connectivity index (χ0) is 12.2. The average molecular weight is 228 g/mol. The Hall–Kier alpha value is -0.0800. The summed E-state index contributed by atoms with van der Waals surface area (Å²) in [6.07, 6.45) is 7.44. The number of rotatable bonds is 0. The fourth-order valence-corrected chi connectivity index (χ4v) is 2.08. The van der Waals surface area contributed by atoms with E-state index in [1.165, 1.54) is 45.2 Å². The maximum atomic E-state index is 3.27. The molecule has 2 heteroatoms. The van der Waals surface area contributed by atoms with E-state index in [1.54, 1.807) is 0 Å². The molecule has 0 spiro atoms. The van der Waals surface area contributed by atoms with E-state index in [0.717, 1.165) is 19.0 Å². The van der Waals surface area contributed by atoms with Gasteiger partial charge in [-0.1, -0.05) is 52.9 Å². The van der Waals surface area contributed by atoms with Crippen LogP contribution in [0.15, 0.2) is 0 Å². The Labute approximate surface area is 103 Å². The minimum atomic E-state index is 1.04. The van der Waals surface area contributed by atoms with Crippen LogP contribution in [0.25, 0.3) is 0 Å². The molecule has 2 nitrogen and oxygen atoms in total. The van der Waals surface area contributed by atoms with Crippen LogP contribution in [0, 0.1) is 5.92 Å². The number of nitrogens with zero attached hydrogens (tertiary/aromatic N) is 1. The molecule has 1 heterocycles. The summed E-state index contributed by atoms with van der Waals surface area (Å²) in [4.78, 5) is 2.33. The van der Waals surface area contributed by atoms with Crippen molar-refractivity contribution in [2.24, 2.45) is 5.92 Å². The molecule has 1 aliphatic carbocycles. The number of nitrogens with one attached hydrogen (secondary N) is 1. The van der Waals surface area contributed by atoms with Crippen LogP contribution in [0.2, 0.25) is 0 Å². The van der Waals surface area contributed by atoms with Crippen molar-refractivity contribution >= 4 is 0 Å². The number of hydrogen-bond donors (Lipinski definition) is 1. The second kappa shape index (κ2) is 11.4. The molecule has 0 bridgehead atoms. The summed E-state index contributed by atoms with van der Waals surface area (Å²) in [5, 5.41) is 3.27. The molecule has 1 saturated carbocycles. The summed E-state index contributed by atoms with van der Waals surface area (Å²) in [5.41, 5.74) is 0. The molecule has 1 saturated heterocycles. The van der Waals surface area contributed by atoms with Crippen LogP contribution in [0.1, 0.15) is 52.9 Å². The highest BCUT2D eigenvalue weighted by atomic mass is 15.2. The van der Waals surface area contributed by atoms with Gasteiger partial charge in [-0.15, -0.1) is 0 Å². The maximum Gasteiger partial charge on any atom is 0.0104 e. The lowest BCUT2D eigenvalue weighted by atomic mass is 9.91. The second-order valence-corrected chi connectivity index (χ2v) is 4.80. The van der Waals surface area contributed by atoms with Crippen molar-refractivity contribution in [2.45, 2.75) is 52.9 Å². The van der Waals surface area contributed by atoms with E-state index < -0.39 is 0 Å². The molecule has 0 radical (unpaired) electrons. The molecule has 2 rings (SSSR count). The SMILES string of the molecule is CC.CC1CCCCC1.CN1CCNCC1. The highest BCUT2D eigenvalue weighted by Gasteiger charge is 2.05. The van der Waals surface area contributed by atoms with Crippen LogP contribution in [-0.4, -0.2) is 38.1 Å². The summed E-state index contributed by atoms with van der Waals surface area (Å²) in [5.74, 6) is 1.04. The van der Waals surface area contributed by atoms with Gasteiger partial charge in [-0.2, -0.15) is 0 Å². The predicted octanol–water partition coefficient (Wildman–Crippen LogP) is 3.13. The molecule has 2 fully saturated rings. The van der Waals surface area contributed by atoms with Crippen LogP contribution in [0.5, 0.6) is 0 Å². The second-order valence-electron chi connectivity index (χ2n) is 4.80. The first kappa shape index (κ1) is 15.9. The number of hydrogen-bond acceptors (Lipinski definition) is 2. The van der Waals surface area contributed by atoms with Gasteiger partial charge in [-0.05, 0) is 13.0 Å². The Morgan fingerprint density at radius 1 is 0.938 bits per heavy atom. The van der Waals surface area contributed by atoms with E-state index >= 15 is 0 Å². The van der Waals surface area contributed by atoms with Crippen molar-refractivity contribution < 1.29 is 0 Å². The average Bonchev–Trinajstić information content (AvgIpc) is 2.34. The van der Waals surface area contributed by atoms with Crippen LogP contribution in [0.4, 0.5) is 0 Å². The summed E-state index contributed by atoms with van der Waals surface area (Å²) < 4.78 is 0. The molecular weight excluding hydrogens is 196 g/mol. The Bertz CT molecular complexity index is 109. The highest BCUT2D eigenvalue weighted by molar-refractivity contribution is 4.62. The monoisotopic (exact) mass is 228 g/mol. The number of piperazine rings is 1. The lowest BCUT2D eigenvalue weighted by Crippen LogP contribution is -2.40. The minimum absolute atomic E-state index is 1.04. The molecule has 2 aliphatic rings. The largest absolute Gasteiger partial charge is 0.314 e. The van der Waals surface area contributed by atoms with Crippen molar-refractivity contribution in [2.75, 3.05) is 33.2 Å². The normalized spacial score (nSPS) is 22.5. The van der Waals surface area contributed by atoms with Crippen molar-refractivity contribution in [1.82, 2.24) is 10.2 Å². The topological polar surface area (TPSA) is 15.3 Å². The van der Waals surface area contributed by atoms with E-state index in [4.69, 9.17) is 0 Å². The molecule has 16 heavy (non-hydrogen) atoms. The fourth-order valence-electron chi connectivity index (χ4n) is 2.08. The summed E-state index contributed by atoms with van der Waals surface area (Å²) in [7, 11) is 2.15. The summed E-state index contributed by atoms with van der Waals surface area (Å²) in [6.45, 7) is 11.1. The molecule has 0 atom stereocenters. The third-order valence-electron chi connectivity index (χ3n) is 3.23. The predicted molar refractivity (Wildman–Crippen MR) is 74.0 cm³/mol. The standard InChI is InChI=1S/C7H14.C5H12N2.C2H6/c1-7-5-3-2-4-6-7;1-7-4-2-6-3-5-7;1-2/h7H,2-6H2,1H3;6H,2-5H2,1H3;1-2H3. The quantitative estimate of drug-likeness (QED) is 0.685. The lowest BCUT2D eigenvalue weighted by molar-refractivity contribution is 0.291. The molecule has 0 aromatic carbocycles. The van der Waals surface area contributed by atoms with E-state index in [-0.39, 0.29) is 0 Å². The smallest absolute Gasteiger partial charge is 0.0104 e. The molecular formula is C14H32N2. The van der Waals surface area contributed by atoms with Gasteiger partial charge in [0.1, 0.15) is 0 Å². The van der Waals surface area contributed by atoms with Gasteiger partial charge in [0.25, 0.3) is 0 Å². The summed E-state index contributed by atoms with van der Waals surface area (Å²) in [6, 6.07) is 0. The molecule has 0 amide bonds. The first-order valence-corrected chi connectivity index (χ1v) is 7.18. The third-order valence-corrected chi connectivity index (χ3v) is 3.23. The van der Waals surface area contributed by atoms with E-state index in [1.807, 2.05) is 13.8 Å². The third kappa shape index (κ3) is 9.17. The van der Waals surface area contributed by atoms with Crippen LogP contribution < -0.4 is 5.32 Å². The van der Waals surface area contributed by atoms with Crippen molar-refractivity contribution in [3.63, 3.8) is 0 Å². The summed E-state index contributed by atoms with van der Waals surface area (Å²) >= 11 is 0. The number of likely N-dealkylation sites (N-methyl/N-ethyl adjacent to an activating group) is 1. The van der Waals surface area contributed by atoms with Gasteiger partial charge >= 0.3 is 0 Å². The Morgan fingerprint density at radius 3 is 1.69 bits per heavy atom. The van der Waals surface area contributed by atoms with E-state index in [9.17, 15) is 0 Å². The van der Waals surface area contributed by atoms with Crippen LogP contribution >= 0.6 is 0 Å². The minimum Gasteiger partial charge on any atom is -0.314 e. The first-order chi connectivity index (χ1) is 7.79. The zero-order valence-electron chi connectivity index (χ0n) is 11.9. The Morgan fingerprint density at radius 2 is 1.44 bits per heavy atom. The van der Waals surface area contributed by atoms with Crippen molar-refractivity contribution in [3.05, 3.63) is 0 Å². The fraction of sp³-hybridized carbons (Fsp3) is 1.00. The van der Waals surface area contributed by atoms with E-state index in [0.29, 0.717) is 0 Å². The molecule has 0 aromatic rings. The van der Waals surface area contributed by atoms with Crippen LogP contribution in [-0.2, 0) is 0 Å². The van der Waals surface area contributed by atoms with Gasteiger partial charge in [-0.3, -0.25) is 0 Å². The van der Waals surface area contributed by atoms with Gasteiger partial charge < -0.3 is 10.2 Å². The van der Waals surface area contributed by atoms with Gasteiger partial charge in [0.2, 0.25) is 0 Å². The van der Waals surface area contributed by atoms with E-state index in [2.05, 4.69) is 24.2 Å². The first-order valence-electron chi connectivity index (χ1n) is 7.18. The highest BCUT2D eigenvalue weighted by Crippen LogP contribution is 2.22. The Balaban J connectivity index is 0.000000244. The van der Waals surface area contributed by atoms with Gasteiger partial charge in [0.05, 0.1) is 0 Å². The molecule has 1 aliphatic heterocycles. The van der Waals surface area contributed by atoms with Crippen molar-refractivity contribution in [1.29, 1.82) is 0 Å². The van der Waals surface area contributed by atoms with Gasteiger partial charge in [0.15, 0.2) is 0 Å². The zero-order valence-corrected chi connectivity index (χ0v) is 11.9. The molecule has 0 unspecified atom stereocenters. The van der Waals surface area contributed by atoms with Gasteiger partial charge in [-0.25, -0.2) is 0 Å². The molecule has 0 aromatic heterocycles. The lowest BCUT2D eigenvalue weighted by Gasteiger charge is -2.21. The Kier molecular flexibility index (Phi) is 11.3. The van der Waals surface area contributed by atoms with Crippen molar-refractivity contribution in [3.8, 4) is 0 Å². The maximum absolute atomic E-state index is 3.27. The van der Waals surface area contributed by atoms with Crippen LogP contribution in [0.3, 0.4) is 0 Å². The molecule has 98 valence electrons. The molecule has 1 N–H and O–H groups in total.